The molecule has 0 bridgehead atoms. The van der Waals surface area contributed by atoms with E-state index < -0.39 is 0 Å². The lowest BCUT2D eigenvalue weighted by Gasteiger charge is -2.14. The molecule has 0 fully saturated rings. The van der Waals surface area contributed by atoms with Gasteiger partial charge in [-0.3, -0.25) is 4.79 Å². The molecule has 0 heterocycles. The first-order chi connectivity index (χ1) is 10.4. The minimum atomic E-state index is -0.0532. The normalized spacial score (nSPS) is 10.4. The van der Waals surface area contributed by atoms with Crippen LogP contribution in [-0.4, -0.2) is 12.5 Å². The minimum absolute atomic E-state index is 0.0532. The van der Waals surface area contributed by atoms with Crippen LogP contribution in [0.4, 0.5) is 11.4 Å². The molecular weight excluding hydrogens is 340 g/mol. The average molecular weight is 361 g/mol. The summed E-state index contributed by atoms with van der Waals surface area (Å²) in [6.45, 7) is 8.35. The van der Waals surface area contributed by atoms with E-state index in [1.807, 2.05) is 39.0 Å². The molecular formula is C18H21BrN2O. The van der Waals surface area contributed by atoms with E-state index >= 15 is 0 Å². The lowest BCUT2D eigenvalue weighted by molar-refractivity contribution is -0.114. The fraction of sp³-hybridized carbons (Fsp3) is 0.278. The predicted molar refractivity (Wildman–Crippen MR) is 96.7 cm³/mol. The zero-order valence-corrected chi connectivity index (χ0v) is 15.0. The number of nitrogens with one attached hydrogen (secondary N) is 2. The van der Waals surface area contributed by atoms with Gasteiger partial charge in [0.1, 0.15) is 0 Å². The highest BCUT2D eigenvalue weighted by Crippen LogP contribution is 2.24. The molecule has 4 heteroatoms. The average Bonchev–Trinajstić information content (AvgIpc) is 2.42. The van der Waals surface area contributed by atoms with Crippen LogP contribution in [0.15, 0.2) is 34.8 Å². The second kappa shape index (κ2) is 6.97. The van der Waals surface area contributed by atoms with Gasteiger partial charge in [0, 0.05) is 15.8 Å². The Labute approximate surface area is 140 Å². The Morgan fingerprint density at radius 1 is 1.00 bits per heavy atom. The minimum Gasteiger partial charge on any atom is -0.375 e. The van der Waals surface area contributed by atoms with Crippen molar-refractivity contribution in [1.29, 1.82) is 0 Å². The Morgan fingerprint density at radius 3 is 2.23 bits per heavy atom. The van der Waals surface area contributed by atoms with Crippen molar-refractivity contribution in [2.45, 2.75) is 27.7 Å². The van der Waals surface area contributed by atoms with Crippen molar-refractivity contribution in [3.63, 3.8) is 0 Å². The SMILES string of the molecule is Cc1cc(C)c(NC(=O)CNc2ccc(C)cc2Br)c(C)c1. The Kier molecular flexibility index (Phi) is 5.24. The van der Waals surface area contributed by atoms with Crippen molar-refractivity contribution in [2.24, 2.45) is 0 Å². The number of aryl methyl sites for hydroxylation is 4. The third-order valence-electron chi connectivity index (χ3n) is 3.51. The summed E-state index contributed by atoms with van der Waals surface area (Å²) in [5.41, 5.74) is 6.37. The summed E-state index contributed by atoms with van der Waals surface area (Å²) in [5.74, 6) is -0.0532. The monoisotopic (exact) mass is 360 g/mol. The molecule has 3 nitrogen and oxygen atoms in total. The Hall–Kier alpha value is -1.81. The first-order valence-corrected chi connectivity index (χ1v) is 8.04. The van der Waals surface area contributed by atoms with E-state index in [1.165, 1.54) is 11.1 Å². The Morgan fingerprint density at radius 2 is 1.64 bits per heavy atom. The molecule has 0 aliphatic carbocycles. The van der Waals surface area contributed by atoms with Crippen molar-refractivity contribution >= 4 is 33.2 Å². The van der Waals surface area contributed by atoms with Crippen LogP contribution in [0.1, 0.15) is 22.3 Å². The number of amides is 1. The molecule has 2 rings (SSSR count). The summed E-state index contributed by atoms with van der Waals surface area (Å²) in [4.78, 5) is 12.2. The lowest BCUT2D eigenvalue weighted by atomic mass is 10.1. The first-order valence-electron chi connectivity index (χ1n) is 7.24. The van der Waals surface area contributed by atoms with Crippen LogP contribution in [0.3, 0.4) is 0 Å². The largest absolute Gasteiger partial charge is 0.375 e. The summed E-state index contributed by atoms with van der Waals surface area (Å²) >= 11 is 3.50. The van der Waals surface area contributed by atoms with Crippen LogP contribution < -0.4 is 10.6 Å². The van der Waals surface area contributed by atoms with E-state index in [2.05, 4.69) is 45.6 Å². The molecule has 0 aromatic heterocycles. The van der Waals surface area contributed by atoms with Crippen LogP contribution >= 0.6 is 15.9 Å². The third-order valence-corrected chi connectivity index (χ3v) is 4.16. The van der Waals surface area contributed by atoms with Crippen molar-refractivity contribution in [1.82, 2.24) is 0 Å². The van der Waals surface area contributed by atoms with E-state index in [9.17, 15) is 4.79 Å². The quantitative estimate of drug-likeness (QED) is 0.826. The van der Waals surface area contributed by atoms with Gasteiger partial charge >= 0.3 is 0 Å². The van der Waals surface area contributed by atoms with Gasteiger partial charge in [0.2, 0.25) is 5.91 Å². The standard InChI is InChI=1S/C18H21BrN2O/c1-11-5-6-16(15(19)9-11)20-10-17(22)21-18-13(3)7-12(2)8-14(18)4/h5-9,20H,10H2,1-4H3,(H,21,22). The van der Waals surface area contributed by atoms with Crippen LogP contribution in [0.5, 0.6) is 0 Å². The number of benzene rings is 2. The summed E-state index contributed by atoms with van der Waals surface area (Å²) in [7, 11) is 0. The first kappa shape index (κ1) is 16.6. The van der Waals surface area contributed by atoms with Gasteiger partial charge < -0.3 is 10.6 Å². The van der Waals surface area contributed by atoms with Gasteiger partial charge in [0.25, 0.3) is 0 Å². The summed E-state index contributed by atoms with van der Waals surface area (Å²) in [5, 5.41) is 6.14. The second-order valence-corrected chi connectivity index (χ2v) is 6.51. The van der Waals surface area contributed by atoms with Gasteiger partial charge in [0.15, 0.2) is 0 Å². The highest BCUT2D eigenvalue weighted by molar-refractivity contribution is 9.10. The Balaban J connectivity index is 2.02. The second-order valence-electron chi connectivity index (χ2n) is 5.66. The number of hydrogen-bond acceptors (Lipinski definition) is 2. The fourth-order valence-electron chi connectivity index (χ4n) is 2.50. The molecule has 0 saturated carbocycles. The number of halogens is 1. The molecule has 116 valence electrons. The zero-order valence-electron chi connectivity index (χ0n) is 13.4. The van der Waals surface area contributed by atoms with Crippen LogP contribution in [0, 0.1) is 27.7 Å². The van der Waals surface area contributed by atoms with E-state index in [1.54, 1.807) is 0 Å². The molecule has 0 radical (unpaired) electrons. The number of carbonyl (C=O) groups is 1. The van der Waals surface area contributed by atoms with Crippen molar-refractivity contribution in [2.75, 3.05) is 17.2 Å². The number of anilines is 2. The topological polar surface area (TPSA) is 41.1 Å². The fourth-order valence-corrected chi connectivity index (χ4v) is 3.13. The zero-order chi connectivity index (χ0) is 16.3. The molecule has 0 saturated heterocycles. The van der Waals surface area contributed by atoms with Gasteiger partial charge in [-0.15, -0.1) is 0 Å². The predicted octanol–water partition coefficient (Wildman–Crippen LogP) is 4.73. The van der Waals surface area contributed by atoms with Crippen LogP contribution in [0.2, 0.25) is 0 Å². The maximum atomic E-state index is 12.2. The molecule has 0 aliphatic rings. The number of rotatable bonds is 4. The van der Waals surface area contributed by atoms with Gasteiger partial charge in [-0.2, -0.15) is 0 Å². The van der Waals surface area contributed by atoms with Crippen molar-refractivity contribution in [3.8, 4) is 0 Å². The van der Waals surface area contributed by atoms with Crippen molar-refractivity contribution in [3.05, 3.63) is 57.1 Å². The molecule has 0 unspecified atom stereocenters. The number of carbonyl (C=O) groups excluding carboxylic acids is 1. The molecule has 0 atom stereocenters. The van der Waals surface area contributed by atoms with Crippen LogP contribution in [-0.2, 0) is 4.79 Å². The van der Waals surface area contributed by atoms with Gasteiger partial charge in [-0.1, -0.05) is 23.8 Å². The van der Waals surface area contributed by atoms with Gasteiger partial charge in [-0.05, 0) is 72.4 Å². The smallest absolute Gasteiger partial charge is 0.243 e. The molecule has 0 spiro atoms. The highest BCUT2D eigenvalue weighted by atomic mass is 79.9. The van der Waals surface area contributed by atoms with Crippen molar-refractivity contribution < 1.29 is 4.79 Å². The summed E-state index contributed by atoms with van der Waals surface area (Å²) in [6, 6.07) is 10.2. The van der Waals surface area contributed by atoms with Gasteiger partial charge in [0.05, 0.1) is 6.54 Å². The molecule has 2 N–H and O–H groups in total. The summed E-state index contributed by atoms with van der Waals surface area (Å²) in [6.07, 6.45) is 0. The third kappa shape index (κ3) is 4.10. The lowest BCUT2D eigenvalue weighted by Crippen LogP contribution is -2.22. The van der Waals surface area contributed by atoms with Gasteiger partial charge in [-0.25, -0.2) is 0 Å². The molecule has 22 heavy (non-hydrogen) atoms. The summed E-state index contributed by atoms with van der Waals surface area (Å²) < 4.78 is 0.961. The van der Waals surface area contributed by atoms with Crippen LogP contribution in [0.25, 0.3) is 0 Å². The maximum absolute atomic E-state index is 12.2. The van der Waals surface area contributed by atoms with E-state index in [0.717, 1.165) is 27.0 Å². The Bertz CT molecular complexity index is 687. The van der Waals surface area contributed by atoms with E-state index in [0.29, 0.717) is 0 Å². The number of hydrogen-bond donors (Lipinski definition) is 2. The van der Waals surface area contributed by atoms with E-state index in [4.69, 9.17) is 0 Å². The molecule has 1 amide bonds. The maximum Gasteiger partial charge on any atom is 0.243 e. The highest BCUT2D eigenvalue weighted by Gasteiger charge is 2.09. The molecule has 0 aliphatic heterocycles. The van der Waals surface area contributed by atoms with E-state index in [-0.39, 0.29) is 12.5 Å². The molecule has 2 aromatic carbocycles. The molecule has 2 aromatic rings.